The molecule has 23 heavy (non-hydrogen) atoms. The molecule has 0 radical (unpaired) electrons. The summed E-state index contributed by atoms with van der Waals surface area (Å²) in [7, 11) is 2.19. The van der Waals surface area contributed by atoms with E-state index < -0.39 is 0 Å². The van der Waals surface area contributed by atoms with Gasteiger partial charge in [0.05, 0.1) is 0 Å². The number of hydrogen-bond donors (Lipinski definition) is 0. The molecular formula is C20H47N3. The van der Waals surface area contributed by atoms with Crippen LogP contribution in [-0.4, -0.2) is 73.1 Å². The summed E-state index contributed by atoms with van der Waals surface area (Å²) in [5.74, 6) is 0. The molecule has 0 aliphatic carbocycles. The molecule has 2 aliphatic rings. The van der Waals surface area contributed by atoms with E-state index in [4.69, 9.17) is 0 Å². The average molecular weight is 330 g/mol. The van der Waals surface area contributed by atoms with Gasteiger partial charge in [-0.25, -0.2) is 0 Å². The minimum Gasteiger partial charge on any atom is -0.304 e. The zero-order valence-electron chi connectivity index (χ0n) is 17.9. The summed E-state index contributed by atoms with van der Waals surface area (Å²) in [4.78, 5) is 7.47. The van der Waals surface area contributed by atoms with E-state index in [1.807, 2.05) is 27.7 Å². The minimum atomic E-state index is 0.730. The van der Waals surface area contributed by atoms with Crippen molar-refractivity contribution in [2.24, 2.45) is 0 Å². The zero-order valence-corrected chi connectivity index (χ0v) is 17.9. The molecule has 0 N–H and O–H groups in total. The van der Waals surface area contributed by atoms with Crippen molar-refractivity contribution in [3.63, 3.8) is 0 Å². The van der Waals surface area contributed by atoms with E-state index in [-0.39, 0.29) is 0 Å². The van der Waals surface area contributed by atoms with E-state index in [1.165, 1.54) is 58.5 Å². The lowest BCUT2D eigenvalue weighted by Crippen LogP contribution is -2.47. The summed E-state index contributed by atoms with van der Waals surface area (Å²) in [5, 5.41) is 0. The highest BCUT2D eigenvalue weighted by molar-refractivity contribution is 4.71. The van der Waals surface area contributed by atoms with Crippen LogP contribution in [0.1, 0.15) is 74.7 Å². The monoisotopic (exact) mass is 329 g/mol. The number of piperazine rings is 1. The number of likely N-dealkylation sites (N-methyl/N-ethyl adjacent to an activating group) is 1. The van der Waals surface area contributed by atoms with Gasteiger partial charge in [-0.1, -0.05) is 34.1 Å². The Balaban J connectivity index is 0. The molecule has 2 fully saturated rings. The van der Waals surface area contributed by atoms with Crippen molar-refractivity contribution in [1.82, 2.24) is 14.7 Å². The molecule has 3 heteroatoms. The van der Waals surface area contributed by atoms with Crippen molar-refractivity contribution in [3.05, 3.63) is 0 Å². The lowest BCUT2D eigenvalue weighted by Gasteiger charge is -2.34. The lowest BCUT2D eigenvalue weighted by atomic mass is 10.1. The summed E-state index contributed by atoms with van der Waals surface area (Å²) in [6.07, 6.45) is 4.28. The maximum absolute atomic E-state index is 2.56. The van der Waals surface area contributed by atoms with Crippen LogP contribution in [0, 0.1) is 0 Å². The molecule has 0 aromatic rings. The minimum absolute atomic E-state index is 0.730. The molecule has 0 atom stereocenters. The highest BCUT2D eigenvalue weighted by Gasteiger charge is 2.15. The van der Waals surface area contributed by atoms with E-state index in [1.54, 1.807) is 0 Å². The Labute approximate surface area is 148 Å². The summed E-state index contributed by atoms with van der Waals surface area (Å²) in [5.41, 5.74) is 0. The van der Waals surface area contributed by atoms with Gasteiger partial charge in [0.15, 0.2) is 0 Å². The molecule has 0 amide bonds. The van der Waals surface area contributed by atoms with Gasteiger partial charge in [0, 0.05) is 38.3 Å². The molecule has 0 unspecified atom stereocenters. The fraction of sp³-hybridized carbons (Fsp3) is 1.00. The van der Waals surface area contributed by atoms with E-state index in [2.05, 4.69) is 49.4 Å². The van der Waals surface area contributed by atoms with Crippen molar-refractivity contribution < 1.29 is 0 Å². The van der Waals surface area contributed by atoms with Gasteiger partial charge < -0.3 is 9.80 Å². The van der Waals surface area contributed by atoms with Gasteiger partial charge in [0.25, 0.3) is 0 Å². The van der Waals surface area contributed by atoms with Crippen LogP contribution in [0.15, 0.2) is 0 Å². The maximum Gasteiger partial charge on any atom is 0.0112 e. The quantitative estimate of drug-likeness (QED) is 0.734. The van der Waals surface area contributed by atoms with Crippen molar-refractivity contribution >= 4 is 0 Å². The predicted octanol–water partition coefficient (Wildman–Crippen LogP) is 4.58. The molecule has 3 nitrogen and oxygen atoms in total. The van der Waals surface area contributed by atoms with Crippen molar-refractivity contribution in [2.45, 2.75) is 86.7 Å². The zero-order chi connectivity index (χ0) is 18.3. The Bertz CT molecular complexity index is 215. The standard InChI is InChI=1S/C8H18N2.C8H17N.2C2H6/c1-8(2)10-6-4-9(3)5-7-10;1-8(2)9-6-4-3-5-7-9;2*1-2/h8H,4-7H2,1-3H3;8H,3-7H2,1-2H3;2*1-2H3. The topological polar surface area (TPSA) is 9.72 Å². The predicted molar refractivity (Wildman–Crippen MR) is 107 cm³/mol. The summed E-state index contributed by atoms with van der Waals surface area (Å²) in [6, 6.07) is 1.50. The third-order valence-electron chi connectivity index (χ3n) is 4.39. The van der Waals surface area contributed by atoms with Crippen LogP contribution < -0.4 is 0 Å². The molecule has 2 rings (SSSR count). The smallest absolute Gasteiger partial charge is 0.0112 e. The van der Waals surface area contributed by atoms with Crippen LogP contribution in [0.2, 0.25) is 0 Å². The van der Waals surface area contributed by atoms with Gasteiger partial charge in [0.1, 0.15) is 0 Å². The summed E-state index contributed by atoms with van der Waals surface area (Å²) >= 11 is 0. The second kappa shape index (κ2) is 16.7. The number of nitrogens with zero attached hydrogens (tertiary/aromatic N) is 3. The molecule has 2 heterocycles. The van der Waals surface area contributed by atoms with Crippen LogP contribution in [-0.2, 0) is 0 Å². The maximum atomic E-state index is 2.56. The van der Waals surface area contributed by atoms with E-state index in [0.29, 0.717) is 0 Å². The number of rotatable bonds is 2. The highest BCUT2D eigenvalue weighted by atomic mass is 15.3. The molecule has 0 saturated carbocycles. The van der Waals surface area contributed by atoms with E-state index in [9.17, 15) is 0 Å². The van der Waals surface area contributed by atoms with Crippen LogP contribution >= 0.6 is 0 Å². The fourth-order valence-electron chi connectivity index (χ4n) is 2.77. The fourth-order valence-corrected chi connectivity index (χ4v) is 2.77. The first-order chi connectivity index (χ1) is 11.0. The SMILES string of the molecule is CC.CC.CC(C)N1CCCCC1.CC(C)N1CCN(C)CC1. The first-order valence-corrected chi connectivity index (χ1v) is 10.2. The van der Waals surface area contributed by atoms with Gasteiger partial charge >= 0.3 is 0 Å². The largest absolute Gasteiger partial charge is 0.304 e. The molecule has 0 aromatic heterocycles. The van der Waals surface area contributed by atoms with Crippen LogP contribution in [0.5, 0.6) is 0 Å². The van der Waals surface area contributed by atoms with Crippen molar-refractivity contribution in [2.75, 3.05) is 46.3 Å². The normalized spacial score (nSPS) is 20.0. The molecule has 142 valence electrons. The van der Waals surface area contributed by atoms with Gasteiger partial charge in [-0.05, 0) is 60.7 Å². The summed E-state index contributed by atoms with van der Waals surface area (Å²) in [6.45, 7) is 24.7. The first kappa shape index (κ1) is 25.1. The molecular weight excluding hydrogens is 282 g/mol. The lowest BCUT2D eigenvalue weighted by molar-refractivity contribution is 0.126. The van der Waals surface area contributed by atoms with Crippen LogP contribution in [0.3, 0.4) is 0 Å². The molecule has 0 spiro atoms. The number of likely N-dealkylation sites (tertiary alicyclic amines) is 1. The first-order valence-electron chi connectivity index (χ1n) is 10.2. The van der Waals surface area contributed by atoms with Gasteiger partial charge in [0.2, 0.25) is 0 Å². The second-order valence-corrected chi connectivity index (χ2v) is 6.62. The van der Waals surface area contributed by atoms with Crippen molar-refractivity contribution in [3.8, 4) is 0 Å². The summed E-state index contributed by atoms with van der Waals surface area (Å²) < 4.78 is 0. The Hall–Kier alpha value is -0.120. The van der Waals surface area contributed by atoms with E-state index in [0.717, 1.165) is 12.1 Å². The van der Waals surface area contributed by atoms with Crippen molar-refractivity contribution in [1.29, 1.82) is 0 Å². The third kappa shape index (κ3) is 12.9. The van der Waals surface area contributed by atoms with Gasteiger partial charge in [-0.15, -0.1) is 0 Å². The Morgan fingerprint density at radius 2 is 0.870 bits per heavy atom. The highest BCUT2D eigenvalue weighted by Crippen LogP contribution is 2.10. The van der Waals surface area contributed by atoms with Crippen LogP contribution in [0.4, 0.5) is 0 Å². The molecule has 2 saturated heterocycles. The van der Waals surface area contributed by atoms with Gasteiger partial charge in [-0.2, -0.15) is 0 Å². The number of piperidine rings is 1. The van der Waals surface area contributed by atoms with Crippen LogP contribution in [0.25, 0.3) is 0 Å². The third-order valence-corrected chi connectivity index (χ3v) is 4.39. The van der Waals surface area contributed by atoms with Gasteiger partial charge in [-0.3, -0.25) is 4.90 Å². The Kier molecular flexibility index (Phi) is 18.3. The molecule has 0 bridgehead atoms. The average Bonchev–Trinajstić information content (AvgIpc) is 2.60. The number of hydrogen-bond acceptors (Lipinski definition) is 3. The second-order valence-electron chi connectivity index (χ2n) is 6.62. The molecule has 2 aliphatic heterocycles. The Morgan fingerprint density at radius 3 is 1.17 bits per heavy atom. The Morgan fingerprint density at radius 1 is 0.522 bits per heavy atom. The van der Waals surface area contributed by atoms with E-state index >= 15 is 0 Å². The molecule has 0 aromatic carbocycles.